The molecule has 0 spiro atoms. The SMILES string of the molecule is CNC(=O)c1c(-c2ccc(F)cc2)oc2nc(NCC(F)(F)F)ccc12. The van der Waals surface area contributed by atoms with Crippen LogP contribution in [0.1, 0.15) is 10.4 Å². The molecule has 0 atom stereocenters. The van der Waals surface area contributed by atoms with Crippen LogP contribution in [0.2, 0.25) is 0 Å². The van der Waals surface area contributed by atoms with Crippen LogP contribution in [0.25, 0.3) is 22.4 Å². The summed E-state index contributed by atoms with van der Waals surface area (Å²) < 4.78 is 55.7. The second kappa shape index (κ2) is 6.66. The summed E-state index contributed by atoms with van der Waals surface area (Å²) in [6.07, 6.45) is -4.40. The van der Waals surface area contributed by atoms with Crippen molar-refractivity contribution in [3.05, 3.63) is 47.8 Å². The molecule has 0 saturated carbocycles. The van der Waals surface area contributed by atoms with E-state index in [1.807, 2.05) is 0 Å². The largest absolute Gasteiger partial charge is 0.437 e. The van der Waals surface area contributed by atoms with Crippen molar-refractivity contribution in [3.8, 4) is 11.3 Å². The predicted octanol–water partition coefficient (Wildman–Crippen LogP) is 3.97. The highest BCUT2D eigenvalue weighted by Gasteiger charge is 2.27. The molecule has 136 valence electrons. The van der Waals surface area contributed by atoms with Gasteiger partial charge in [0, 0.05) is 12.6 Å². The number of amides is 1. The number of anilines is 1. The van der Waals surface area contributed by atoms with E-state index in [1.54, 1.807) is 0 Å². The Labute approximate surface area is 145 Å². The number of hydrogen-bond acceptors (Lipinski definition) is 4. The van der Waals surface area contributed by atoms with Gasteiger partial charge in [0.05, 0.1) is 10.9 Å². The van der Waals surface area contributed by atoms with Gasteiger partial charge < -0.3 is 15.1 Å². The fraction of sp³-hybridized carbons (Fsp3) is 0.176. The van der Waals surface area contributed by atoms with Crippen molar-refractivity contribution in [2.45, 2.75) is 6.18 Å². The molecule has 2 N–H and O–H groups in total. The Morgan fingerprint density at radius 2 is 1.85 bits per heavy atom. The molecule has 0 saturated heterocycles. The number of benzene rings is 1. The third kappa shape index (κ3) is 3.61. The molecular formula is C17H13F4N3O2. The Hall–Kier alpha value is -3.10. The fourth-order valence-corrected chi connectivity index (χ4v) is 2.42. The van der Waals surface area contributed by atoms with Gasteiger partial charge in [-0.25, -0.2) is 4.39 Å². The van der Waals surface area contributed by atoms with E-state index in [9.17, 15) is 22.4 Å². The number of carbonyl (C=O) groups excluding carboxylic acids is 1. The lowest BCUT2D eigenvalue weighted by Gasteiger charge is -2.08. The summed E-state index contributed by atoms with van der Waals surface area (Å²) >= 11 is 0. The lowest BCUT2D eigenvalue weighted by Crippen LogP contribution is -2.21. The first-order valence-electron chi connectivity index (χ1n) is 7.50. The predicted molar refractivity (Wildman–Crippen MR) is 87.3 cm³/mol. The number of rotatable bonds is 4. The van der Waals surface area contributed by atoms with Crippen molar-refractivity contribution in [1.82, 2.24) is 10.3 Å². The maximum Gasteiger partial charge on any atom is 0.405 e. The van der Waals surface area contributed by atoms with Crippen LogP contribution in [-0.2, 0) is 0 Å². The number of carbonyl (C=O) groups is 1. The minimum Gasteiger partial charge on any atom is -0.437 e. The van der Waals surface area contributed by atoms with E-state index in [1.165, 1.54) is 43.4 Å². The van der Waals surface area contributed by atoms with Gasteiger partial charge in [0.25, 0.3) is 5.91 Å². The van der Waals surface area contributed by atoms with E-state index >= 15 is 0 Å². The molecule has 0 bridgehead atoms. The number of halogens is 4. The fourth-order valence-electron chi connectivity index (χ4n) is 2.42. The summed E-state index contributed by atoms with van der Waals surface area (Å²) in [6, 6.07) is 8.05. The van der Waals surface area contributed by atoms with Crippen LogP contribution in [0.5, 0.6) is 0 Å². The second-order valence-electron chi connectivity index (χ2n) is 5.41. The molecule has 3 aromatic rings. The standard InChI is InChI=1S/C17H13F4N3O2/c1-22-15(25)13-11-6-7-12(23-8-17(19,20)21)24-16(11)26-14(13)9-2-4-10(18)5-3-9/h2-7H,8H2,1H3,(H,22,25)(H,23,24). The van der Waals surface area contributed by atoms with E-state index in [-0.39, 0.29) is 22.9 Å². The average molecular weight is 367 g/mol. The lowest BCUT2D eigenvalue weighted by molar-refractivity contribution is -0.115. The summed E-state index contributed by atoms with van der Waals surface area (Å²) in [5.74, 6) is -0.804. The molecule has 0 aliphatic carbocycles. The zero-order valence-corrected chi connectivity index (χ0v) is 13.4. The van der Waals surface area contributed by atoms with Gasteiger partial charge in [-0.1, -0.05) is 0 Å². The Kier molecular flexibility index (Phi) is 4.54. The minimum absolute atomic E-state index is 0.00454. The second-order valence-corrected chi connectivity index (χ2v) is 5.41. The lowest BCUT2D eigenvalue weighted by atomic mass is 10.1. The molecule has 2 aromatic heterocycles. The number of furan rings is 1. The summed E-state index contributed by atoms with van der Waals surface area (Å²) in [5.41, 5.74) is 0.604. The highest BCUT2D eigenvalue weighted by atomic mass is 19.4. The van der Waals surface area contributed by atoms with Crippen molar-refractivity contribution in [3.63, 3.8) is 0 Å². The van der Waals surface area contributed by atoms with E-state index in [0.29, 0.717) is 10.9 Å². The zero-order chi connectivity index (χ0) is 18.9. The van der Waals surface area contributed by atoms with E-state index in [4.69, 9.17) is 4.42 Å². The molecule has 0 aliphatic rings. The first kappa shape index (κ1) is 17.7. The van der Waals surface area contributed by atoms with Crippen molar-refractivity contribution in [1.29, 1.82) is 0 Å². The van der Waals surface area contributed by atoms with Crippen molar-refractivity contribution in [2.24, 2.45) is 0 Å². The molecule has 1 aromatic carbocycles. The highest BCUT2D eigenvalue weighted by molar-refractivity contribution is 6.10. The number of nitrogens with one attached hydrogen (secondary N) is 2. The van der Waals surface area contributed by atoms with E-state index in [0.717, 1.165) is 0 Å². The quantitative estimate of drug-likeness (QED) is 0.685. The molecule has 3 rings (SSSR count). The summed E-state index contributed by atoms with van der Waals surface area (Å²) in [6.45, 7) is -1.25. The number of pyridine rings is 1. The van der Waals surface area contributed by atoms with Gasteiger partial charge in [0.1, 0.15) is 23.9 Å². The van der Waals surface area contributed by atoms with Gasteiger partial charge >= 0.3 is 6.18 Å². The van der Waals surface area contributed by atoms with Crippen LogP contribution in [0.4, 0.5) is 23.4 Å². The van der Waals surface area contributed by atoms with Gasteiger partial charge in [-0.2, -0.15) is 18.2 Å². The Bertz CT molecular complexity index is 949. The molecule has 5 nitrogen and oxygen atoms in total. The summed E-state index contributed by atoms with van der Waals surface area (Å²) in [7, 11) is 1.43. The molecule has 9 heteroatoms. The third-order valence-corrected chi connectivity index (χ3v) is 3.59. The molecule has 0 radical (unpaired) electrons. The van der Waals surface area contributed by atoms with Gasteiger partial charge in [-0.15, -0.1) is 0 Å². The van der Waals surface area contributed by atoms with E-state index < -0.39 is 24.4 Å². The number of hydrogen-bond donors (Lipinski definition) is 2. The van der Waals surface area contributed by atoms with Crippen molar-refractivity contribution >= 4 is 22.8 Å². The van der Waals surface area contributed by atoms with E-state index in [2.05, 4.69) is 15.6 Å². The molecular weight excluding hydrogens is 354 g/mol. The van der Waals surface area contributed by atoms with Gasteiger partial charge in [-0.05, 0) is 36.4 Å². The molecule has 0 fully saturated rings. The first-order chi connectivity index (χ1) is 12.3. The van der Waals surface area contributed by atoms with Gasteiger partial charge in [0.15, 0.2) is 0 Å². The number of nitrogens with zero attached hydrogens (tertiary/aromatic N) is 1. The Morgan fingerprint density at radius 1 is 1.15 bits per heavy atom. The monoisotopic (exact) mass is 367 g/mol. The van der Waals surface area contributed by atoms with Crippen LogP contribution >= 0.6 is 0 Å². The normalized spacial score (nSPS) is 11.6. The van der Waals surface area contributed by atoms with Crippen LogP contribution < -0.4 is 10.6 Å². The maximum atomic E-state index is 13.1. The number of alkyl halides is 3. The molecule has 0 unspecified atom stereocenters. The van der Waals surface area contributed by atoms with Gasteiger partial charge in [0.2, 0.25) is 5.71 Å². The molecule has 1 amide bonds. The smallest absolute Gasteiger partial charge is 0.405 e. The van der Waals surface area contributed by atoms with Crippen LogP contribution in [-0.4, -0.2) is 30.7 Å². The number of fused-ring (bicyclic) bond motifs is 1. The van der Waals surface area contributed by atoms with Crippen LogP contribution in [0.15, 0.2) is 40.8 Å². The number of aromatic nitrogens is 1. The van der Waals surface area contributed by atoms with Crippen molar-refractivity contribution < 1.29 is 26.8 Å². The van der Waals surface area contributed by atoms with Crippen LogP contribution in [0.3, 0.4) is 0 Å². The summed E-state index contributed by atoms with van der Waals surface area (Å²) in [5, 5.41) is 4.96. The van der Waals surface area contributed by atoms with Crippen LogP contribution in [0, 0.1) is 5.82 Å². The summed E-state index contributed by atoms with van der Waals surface area (Å²) in [4.78, 5) is 16.2. The maximum absolute atomic E-state index is 13.1. The Balaban J connectivity index is 2.08. The minimum atomic E-state index is -4.40. The topological polar surface area (TPSA) is 67.2 Å². The molecule has 2 heterocycles. The Morgan fingerprint density at radius 3 is 2.46 bits per heavy atom. The molecule has 26 heavy (non-hydrogen) atoms. The zero-order valence-electron chi connectivity index (χ0n) is 13.4. The third-order valence-electron chi connectivity index (χ3n) is 3.59. The van der Waals surface area contributed by atoms with Crippen molar-refractivity contribution in [2.75, 3.05) is 18.9 Å². The highest BCUT2D eigenvalue weighted by Crippen LogP contribution is 2.33. The molecule has 0 aliphatic heterocycles. The average Bonchev–Trinajstić information content (AvgIpc) is 2.98. The first-order valence-corrected chi connectivity index (χ1v) is 7.50. The van der Waals surface area contributed by atoms with Gasteiger partial charge in [-0.3, -0.25) is 4.79 Å².